The molecule has 0 aliphatic heterocycles. The summed E-state index contributed by atoms with van der Waals surface area (Å²) in [5, 5.41) is 0. The number of nitrogen functional groups attached to an aromatic ring is 2. The quantitative estimate of drug-likeness (QED) is 0.0381. The van der Waals surface area contributed by atoms with Gasteiger partial charge in [0.15, 0.2) is 11.5 Å². The third-order valence-electron chi connectivity index (χ3n) is 9.20. The third-order valence-corrected chi connectivity index (χ3v) is 9.20. The van der Waals surface area contributed by atoms with Crippen LogP contribution >= 0.6 is 0 Å². The molecule has 0 saturated heterocycles. The Morgan fingerprint density at radius 2 is 0.918 bits per heavy atom. The van der Waals surface area contributed by atoms with E-state index in [0.717, 1.165) is 60.2 Å². The first-order chi connectivity index (χ1) is 23.9. The number of carbonyl (C=O) groups excluding carboxylic acids is 2. The summed E-state index contributed by atoms with van der Waals surface area (Å²) < 4.78 is 11.8. The number of benzene rings is 3. The highest BCUT2D eigenvalue weighted by Crippen LogP contribution is 2.34. The van der Waals surface area contributed by atoms with Crippen LogP contribution in [0.3, 0.4) is 0 Å². The lowest BCUT2D eigenvalue weighted by atomic mass is 10.0. The molecule has 0 atom stereocenters. The maximum Gasteiger partial charge on any atom is 0.311 e. The number of hydrogen-bond acceptors (Lipinski definition) is 6. The van der Waals surface area contributed by atoms with Gasteiger partial charge in [0.1, 0.15) is 0 Å². The Morgan fingerprint density at radius 3 is 1.39 bits per heavy atom. The summed E-state index contributed by atoms with van der Waals surface area (Å²) in [5.74, 6) is 0.0558. The normalized spacial score (nSPS) is 11.0. The SMILES string of the molecule is CCCCCCCCCCCCCCCCCc1cccc(OC(=O)CCCc2ccc(N)cc2)c1OC(=O)CCCc1ccc(N)cc1. The van der Waals surface area contributed by atoms with Gasteiger partial charge in [0.2, 0.25) is 0 Å². The number of rotatable bonds is 26. The number of anilines is 2. The fraction of sp³-hybridized carbons (Fsp3) is 0.535. The molecular formula is C43H62N2O4. The van der Waals surface area contributed by atoms with Gasteiger partial charge in [-0.25, -0.2) is 0 Å². The lowest BCUT2D eigenvalue weighted by molar-refractivity contribution is -0.137. The van der Waals surface area contributed by atoms with Crippen molar-refractivity contribution in [3.8, 4) is 11.5 Å². The Balaban J connectivity index is 1.44. The van der Waals surface area contributed by atoms with Crippen molar-refractivity contribution in [2.75, 3.05) is 11.5 Å². The predicted molar refractivity (Wildman–Crippen MR) is 204 cm³/mol. The molecule has 49 heavy (non-hydrogen) atoms. The number of hydrogen-bond donors (Lipinski definition) is 2. The topological polar surface area (TPSA) is 105 Å². The highest BCUT2D eigenvalue weighted by atomic mass is 16.6. The Hall–Kier alpha value is -3.80. The minimum atomic E-state index is -0.333. The van der Waals surface area contributed by atoms with Crippen LogP contribution in [-0.4, -0.2) is 11.9 Å². The summed E-state index contributed by atoms with van der Waals surface area (Å²) in [6.45, 7) is 2.27. The van der Waals surface area contributed by atoms with E-state index in [1.165, 1.54) is 83.5 Å². The van der Waals surface area contributed by atoms with Crippen molar-refractivity contribution in [1.82, 2.24) is 0 Å². The van der Waals surface area contributed by atoms with Crippen molar-refractivity contribution in [3.05, 3.63) is 83.4 Å². The Kier molecular flexibility index (Phi) is 19.7. The molecule has 3 aromatic rings. The van der Waals surface area contributed by atoms with Crippen LogP contribution in [0.2, 0.25) is 0 Å². The lowest BCUT2D eigenvalue weighted by Gasteiger charge is -2.15. The molecule has 0 spiro atoms. The van der Waals surface area contributed by atoms with E-state index in [1.54, 1.807) is 6.07 Å². The summed E-state index contributed by atoms with van der Waals surface area (Å²) in [5.41, 5.74) is 16.2. The number of nitrogens with two attached hydrogens (primary N) is 2. The minimum Gasteiger partial charge on any atom is -0.423 e. The summed E-state index contributed by atoms with van der Waals surface area (Å²) in [6.07, 6.45) is 23.8. The third kappa shape index (κ3) is 17.4. The van der Waals surface area contributed by atoms with Gasteiger partial charge < -0.3 is 20.9 Å². The molecule has 0 aromatic heterocycles. The fourth-order valence-electron chi connectivity index (χ4n) is 6.22. The van der Waals surface area contributed by atoms with Crippen molar-refractivity contribution < 1.29 is 19.1 Å². The van der Waals surface area contributed by atoms with E-state index in [4.69, 9.17) is 20.9 Å². The van der Waals surface area contributed by atoms with Crippen LogP contribution in [0.5, 0.6) is 11.5 Å². The maximum absolute atomic E-state index is 13.0. The second kappa shape index (κ2) is 24.4. The molecular weight excluding hydrogens is 608 g/mol. The van der Waals surface area contributed by atoms with Crippen molar-refractivity contribution in [2.45, 2.75) is 148 Å². The largest absolute Gasteiger partial charge is 0.423 e. The van der Waals surface area contributed by atoms with Gasteiger partial charge in [-0.15, -0.1) is 0 Å². The van der Waals surface area contributed by atoms with Gasteiger partial charge in [-0.1, -0.05) is 133 Å². The molecule has 4 N–H and O–H groups in total. The van der Waals surface area contributed by atoms with Crippen molar-refractivity contribution in [1.29, 1.82) is 0 Å². The van der Waals surface area contributed by atoms with Crippen molar-refractivity contribution >= 4 is 23.3 Å². The number of unbranched alkanes of at least 4 members (excludes halogenated alkanes) is 14. The van der Waals surface area contributed by atoms with Gasteiger partial charge in [-0.2, -0.15) is 0 Å². The van der Waals surface area contributed by atoms with E-state index < -0.39 is 0 Å². The van der Waals surface area contributed by atoms with Crippen LogP contribution < -0.4 is 20.9 Å². The molecule has 0 amide bonds. The van der Waals surface area contributed by atoms with Crippen LogP contribution in [0.25, 0.3) is 0 Å². The summed E-state index contributed by atoms with van der Waals surface area (Å²) in [7, 11) is 0. The Labute approximate surface area is 296 Å². The van der Waals surface area contributed by atoms with Gasteiger partial charge in [0, 0.05) is 24.2 Å². The first-order valence-corrected chi connectivity index (χ1v) is 19.2. The van der Waals surface area contributed by atoms with Crippen LogP contribution in [0.1, 0.15) is 146 Å². The number of esters is 2. The molecule has 0 radical (unpaired) electrons. The van der Waals surface area contributed by atoms with Crippen LogP contribution in [0.4, 0.5) is 11.4 Å². The number of para-hydroxylation sites is 1. The van der Waals surface area contributed by atoms with Crippen LogP contribution in [-0.2, 0) is 28.9 Å². The molecule has 6 heteroatoms. The van der Waals surface area contributed by atoms with Gasteiger partial charge in [-0.05, 0) is 85.5 Å². The summed E-state index contributed by atoms with van der Waals surface area (Å²) in [4.78, 5) is 25.9. The second-order valence-electron chi connectivity index (χ2n) is 13.6. The highest BCUT2D eigenvalue weighted by molar-refractivity contribution is 5.77. The molecule has 3 rings (SSSR count). The second-order valence-corrected chi connectivity index (χ2v) is 13.6. The van der Waals surface area contributed by atoms with Gasteiger partial charge in [0.05, 0.1) is 0 Å². The first kappa shape index (κ1) is 39.6. The van der Waals surface area contributed by atoms with Gasteiger partial charge in [-0.3, -0.25) is 9.59 Å². The van der Waals surface area contributed by atoms with E-state index in [0.29, 0.717) is 24.3 Å². The van der Waals surface area contributed by atoms with Gasteiger partial charge in [0.25, 0.3) is 0 Å². The zero-order valence-electron chi connectivity index (χ0n) is 30.2. The maximum atomic E-state index is 13.0. The molecule has 0 aliphatic carbocycles. The van der Waals surface area contributed by atoms with Crippen molar-refractivity contribution in [3.63, 3.8) is 0 Å². The standard InChI is InChI=1S/C43H62N2O4/c1-2-3-4-5-6-7-8-9-10-11-12-13-14-15-16-22-37-23-19-24-40(48-41(46)25-17-20-35-27-31-38(44)32-28-35)43(37)49-42(47)26-18-21-36-29-33-39(45)34-30-36/h19,23-24,27-34H,2-18,20-22,25-26,44-45H2,1H3. The molecule has 0 saturated carbocycles. The first-order valence-electron chi connectivity index (χ1n) is 19.2. The monoisotopic (exact) mass is 670 g/mol. The van der Waals surface area contributed by atoms with E-state index in [9.17, 15) is 9.59 Å². The predicted octanol–water partition coefficient (Wildman–Crippen LogP) is 11.1. The zero-order valence-corrected chi connectivity index (χ0v) is 30.2. The molecule has 6 nitrogen and oxygen atoms in total. The van der Waals surface area contributed by atoms with Gasteiger partial charge >= 0.3 is 11.9 Å². The summed E-state index contributed by atoms with van der Waals surface area (Å²) in [6, 6.07) is 21.0. The molecule has 268 valence electrons. The van der Waals surface area contributed by atoms with Crippen molar-refractivity contribution in [2.24, 2.45) is 0 Å². The zero-order chi connectivity index (χ0) is 34.9. The van der Waals surface area contributed by atoms with E-state index in [2.05, 4.69) is 6.92 Å². The molecule has 0 aliphatic rings. The summed E-state index contributed by atoms with van der Waals surface area (Å²) >= 11 is 0. The average molecular weight is 671 g/mol. The molecule has 0 bridgehead atoms. The lowest BCUT2D eigenvalue weighted by Crippen LogP contribution is -2.14. The molecule has 0 heterocycles. The van der Waals surface area contributed by atoms with E-state index >= 15 is 0 Å². The highest BCUT2D eigenvalue weighted by Gasteiger charge is 2.18. The smallest absolute Gasteiger partial charge is 0.311 e. The minimum absolute atomic E-state index is 0.266. The van der Waals surface area contributed by atoms with Crippen LogP contribution in [0, 0.1) is 0 Å². The van der Waals surface area contributed by atoms with Crippen LogP contribution in [0.15, 0.2) is 66.7 Å². The molecule has 0 fully saturated rings. The Morgan fingerprint density at radius 1 is 0.490 bits per heavy atom. The van der Waals surface area contributed by atoms with E-state index in [-0.39, 0.29) is 24.8 Å². The molecule has 0 unspecified atom stereocenters. The fourth-order valence-corrected chi connectivity index (χ4v) is 6.22. The average Bonchev–Trinajstić information content (AvgIpc) is 3.09. The molecule has 3 aromatic carbocycles. The van der Waals surface area contributed by atoms with E-state index in [1.807, 2.05) is 60.7 Å². The number of ether oxygens (including phenoxy) is 2. The Bertz CT molecular complexity index is 1340. The number of aryl methyl sites for hydroxylation is 3. The number of carbonyl (C=O) groups is 2.